The summed E-state index contributed by atoms with van der Waals surface area (Å²) in [7, 11) is 0. The predicted molar refractivity (Wildman–Crippen MR) is 89.4 cm³/mol. The van der Waals surface area contributed by atoms with Gasteiger partial charge in [-0.2, -0.15) is 5.26 Å². The third kappa shape index (κ3) is 3.08. The first-order valence-corrected chi connectivity index (χ1v) is 8.60. The lowest BCUT2D eigenvalue weighted by molar-refractivity contribution is -0.136. The van der Waals surface area contributed by atoms with E-state index in [2.05, 4.69) is 24.4 Å². The van der Waals surface area contributed by atoms with E-state index in [1.807, 2.05) is 4.90 Å². The van der Waals surface area contributed by atoms with Gasteiger partial charge in [0, 0.05) is 11.4 Å². The average molecular weight is 326 g/mol. The summed E-state index contributed by atoms with van der Waals surface area (Å²) < 4.78 is 5.59. The van der Waals surface area contributed by atoms with Gasteiger partial charge in [0.15, 0.2) is 6.61 Å². The van der Waals surface area contributed by atoms with Gasteiger partial charge in [0.05, 0.1) is 11.6 Å². The van der Waals surface area contributed by atoms with Crippen LogP contribution < -0.4 is 4.74 Å². The zero-order valence-corrected chi connectivity index (χ0v) is 13.8. The maximum Gasteiger partial charge on any atom is 0.261 e. The molecule has 0 aliphatic carbocycles. The number of rotatable bonds is 4. The van der Waals surface area contributed by atoms with Crippen molar-refractivity contribution in [2.75, 3.05) is 13.2 Å². The second-order valence-electron chi connectivity index (χ2n) is 5.46. The molecule has 0 N–H and O–H groups in total. The fourth-order valence-corrected chi connectivity index (χ4v) is 3.97. The van der Waals surface area contributed by atoms with Gasteiger partial charge in [-0.1, -0.05) is 19.1 Å². The molecule has 1 aromatic carbocycles. The first-order valence-electron chi connectivity index (χ1n) is 7.72. The molecular formula is C18H18N2O2S. The van der Waals surface area contributed by atoms with Gasteiger partial charge in [0.2, 0.25) is 0 Å². The molecule has 23 heavy (non-hydrogen) atoms. The average Bonchev–Trinajstić information content (AvgIpc) is 3.07. The van der Waals surface area contributed by atoms with E-state index in [0.29, 0.717) is 11.3 Å². The van der Waals surface area contributed by atoms with Crippen LogP contribution in [0.3, 0.4) is 0 Å². The van der Waals surface area contributed by atoms with Crippen molar-refractivity contribution >= 4 is 17.2 Å². The van der Waals surface area contributed by atoms with Crippen LogP contribution in [0.25, 0.3) is 0 Å². The Hall–Kier alpha value is -2.32. The molecule has 0 fully saturated rings. The van der Waals surface area contributed by atoms with Crippen LogP contribution in [-0.2, 0) is 11.2 Å². The van der Waals surface area contributed by atoms with Gasteiger partial charge in [-0.3, -0.25) is 4.79 Å². The summed E-state index contributed by atoms with van der Waals surface area (Å²) in [5.41, 5.74) is 1.72. The summed E-state index contributed by atoms with van der Waals surface area (Å²) in [5, 5.41) is 11.2. The lowest BCUT2D eigenvalue weighted by atomic mass is 9.98. The molecule has 0 radical (unpaired) electrons. The molecule has 5 heteroatoms. The molecule has 2 heterocycles. The minimum absolute atomic E-state index is 0.0264. The Morgan fingerprint density at radius 1 is 1.43 bits per heavy atom. The quantitative estimate of drug-likeness (QED) is 0.863. The van der Waals surface area contributed by atoms with Gasteiger partial charge in [-0.05, 0) is 42.0 Å². The molecule has 118 valence electrons. The Labute approximate surface area is 139 Å². The van der Waals surface area contributed by atoms with Gasteiger partial charge < -0.3 is 9.64 Å². The highest BCUT2D eigenvalue weighted by Gasteiger charge is 2.30. The lowest BCUT2D eigenvalue weighted by Crippen LogP contribution is -2.41. The van der Waals surface area contributed by atoms with E-state index in [1.165, 1.54) is 10.4 Å². The molecule has 1 aliphatic heterocycles. The van der Waals surface area contributed by atoms with Gasteiger partial charge in [-0.25, -0.2) is 0 Å². The summed E-state index contributed by atoms with van der Waals surface area (Å²) in [6.07, 6.45) is 1.80. The first-order chi connectivity index (χ1) is 11.2. The van der Waals surface area contributed by atoms with E-state index in [0.717, 1.165) is 19.4 Å². The zero-order chi connectivity index (χ0) is 16.2. The Bertz CT molecular complexity index is 747. The lowest BCUT2D eigenvalue weighted by Gasteiger charge is -2.35. The molecule has 1 atom stereocenters. The highest BCUT2D eigenvalue weighted by atomic mass is 32.1. The van der Waals surface area contributed by atoms with Crippen LogP contribution in [0.5, 0.6) is 5.75 Å². The van der Waals surface area contributed by atoms with Crippen LogP contribution in [0.15, 0.2) is 35.7 Å². The van der Waals surface area contributed by atoms with Crippen molar-refractivity contribution in [2.45, 2.75) is 25.8 Å². The van der Waals surface area contributed by atoms with Gasteiger partial charge in [0.25, 0.3) is 5.91 Å². The SMILES string of the molecule is CCC1c2ccsc2CCN1C(=O)COc1ccccc1C#N. The molecule has 2 aromatic rings. The number of fused-ring (bicyclic) bond motifs is 1. The third-order valence-corrected chi connectivity index (χ3v) is 5.16. The number of hydrogen-bond acceptors (Lipinski definition) is 4. The van der Waals surface area contributed by atoms with E-state index >= 15 is 0 Å². The van der Waals surface area contributed by atoms with Crippen LogP contribution in [0, 0.1) is 11.3 Å². The highest BCUT2D eigenvalue weighted by molar-refractivity contribution is 7.10. The second-order valence-corrected chi connectivity index (χ2v) is 6.46. The molecule has 0 bridgehead atoms. The zero-order valence-electron chi connectivity index (χ0n) is 13.0. The summed E-state index contributed by atoms with van der Waals surface area (Å²) in [5.74, 6) is 0.436. The van der Waals surface area contributed by atoms with E-state index in [1.54, 1.807) is 35.6 Å². The van der Waals surface area contributed by atoms with Gasteiger partial charge in [0.1, 0.15) is 11.8 Å². The summed E-state index contributed by atoms with van der Waals surface area (Å²) in [4.78, 5) is 15.9. The number of ether oxygens (including phenoxy) is 1. The van der Waals surface area contributed by atoms with E-state index in [-0.39, 0.29) is 18.6 Å². The van der Waals surface area contributed by atoms with Crippen LogP contribution >= 0.6 is 11.3 Å². The highest BCUT2D eigenvalue weighted by Crippen LogP contribution is 2.35. The Balaban J connectivity index is 1.70. The molecular weight excluding hydrogens is 308 g/mol. The number of benzene rings is 1. The first kappa shape index (κ1) is 15.6. The van der Waals surface area contributed by atoms with Crippen LogP contribution in [0.4, 0.5) is 0 Å². The number of nitriles is 1. The van der Waals surface area contributed by atoms with Crippen molar-refractivity contribution in [3.8, 4) is 11.8 Å². The van der Waals surface area contributed by atoms with Crippen LogP contribution in [-0.4, -0.2) is 24.0 Å². The Morgan fingerprint density at radius 3 is 3.04 bits per heavy atom. The monoisotopic (exact) mass is 326 g/mol. The molecule has 1 aliphatic rings. The molecule has 0 saturated carbocycles. The third-order valence-electron chi connectivity index (χ3n) is 4.16. The summed E-state index contributed by atoms with van der Waals surface area (Å²) in [6, 6.07) is 11.3. The van der Waals surface area contributed by atoms with Crippen LogP contribution in [0.2, 0.25) is 0 Å². The van der Waals surface area contributed by atoms with E-state index in [4.69, 9.17) is 10.00 Å². The minimum Gasteiger partial charge on any atom is -0.482 e. The largest absolute Gasteiger partial charge is 0.482 e. The smallest absolute Gasteiger partial charge is 0.261 e. The van der Waals surface area contributed by atoms with Crippen molar-refractivity contribution in [1.29, 1.82) is 5.26 Å². The standard InChI is InChI=1S/C18H18N2O2S/c1-2-15-14-8-10-23-17(14)7-9-20(15)18(21)12-22-16-6-4-3-5-13(16)11-19/h3-6,8,10,15H,2,7,9,12H2,1H3. The minimum atomic E-state index is -0.0331. The molecule has 1 unspecified atom stereocenters. The molecule has 1 amide bonds. The van der Waals surface area contributed by atoms with Crippen molar-refractivity contribution < 1.29 is 9.53 Å². The van der Waals surface area contributed by atoms with Gasteiger partial charge >= 0.3 is 0 Å². The van der Waals surface area contributed by atoms with Crippen molar-refractivity contribution in [3.63, 3.8) is 0 Å². The molecule has 3 rings (SSSR count). The number of carbonyl (C=O) groups is 1. The second kappa shape index (κ2) is 6.84. The Kier molecular flexibility index (Phi) is 4.63. The molecule has 0 saturated heterocycles. The van der Waals surface area contributed by atoms with Crippen molar-refractivity contribution in [2.24, 2.45) is 0 Å². The topological polar surface area (TPSA) is 53.3 Å². The van der Waals surface area contributed by atoms with Crippen molar-refractivity contribution in [1.82, 2.24) is 4.90 Å². The fraction of sp³-hybridized carbons (Fsp3) is 0.333. The number of thiophene rings is 1. The summed E-state index contributed by atoms with van der Waals surface area (Å²) >= 11 is 1.77. The number of nitrogens with zero attached hydrogens (tertiary/aromatic N) is 2. The number of para-hydroxylation sites is 1. The van der Waals surface area contributed by atoms with Crippen LogP contribution in [0.1, 0.15) is 35.4 Å². The Morgan fingerprint density at radius 2 is 2.26 bits per heavy atom. The maximum absolute atomic E-state index is 12.6. The number of carbonyl (C=O) groups excluding carboxylic acids is 1. The molecule has 0 spiro atoms. The maximum atomic E-state index is 12.6. The van der Waals surface area contributed by atoms with Crippen molar-refractivity contribution in [3.05, 3.63) is 51.7 Å². The summed E-state index contributed by atoms with van der Waals surface area (Å²) in [6.45, 7) is 2.80. The predicted octanol–water partition coefficient (Wildman–Crippen LogP) is 3.53. The van der Waals surface area contributed by atoms with E-state index < -0.39 is 0 Å². The molecule has 4 nitrogen and oxygen atoms in total. The van der Waals surface area contributed by atoms with E-state index in [9.17, 15) is 4.79 Å². The van der Waals surface area contributed by atoms with Gasteiger partial charge in [-0.15, -0.1) is 11.3 Å². The normalized spacial score (nSPS) is 16.5. The number of amides is 1. The number of hydrogen-bond donors (Lipinski definition) is 0. The fourth-order valence-electron chi connectivity index (χ4n) is 3.04. The molecule has 1 aromatic heterocycles.